The molecule has 0 aromatic heterocycles. The van der Waals surface area contributed by atoms with Crippen LogP contribution in [0, 0.1) is 0 Å². The van der Waals surface area contributed by atoms with E-state index in [9.17, 15) is 4.79 Å². The average Bonchev–Trinajstić information content (AvgIpc) is 2.82. The molecule has 0 spiro atoms. The third kappa shape index (κ3) is 4.80. The molecule has 1 aliphatic rings. The molecule has 0 aliphatic carbocycles. The molecule has 1 saturated heterocycles. The van der Waals surface area contributed by atoms with Gasteiger partial charge >= 0.3 is 0 Å². The normalized spacial score (nSPS) is 15.1. The quantitative estimate of drug-likeness (QED) is 0.527. The Balaban J connectivity index is 1.45. The summed E-state index contributed by atoms with van der Waals surface area (Å²) in [5, 5.41) is 0. The first-order chi connectivity index (χ1) is 14.7. The van der Waals surface area contributed by atoms with Gasteiger partial charge in [-0.2, -0.15) is 0 Å². The minimum Gasteiger partial charge on any atom is -0.309 e. The molecule has 0 atom stereocenters. The van der Waals surface area contributed by atoms with Crippen LogP contribution in [0.1, 0.15) is 31.7 Å². The highest BCUT2D eigenvalue weighted by atomic mass is 16.2. The van der Waals surface area contributed by atoms with Gasteiger partial charge in [0.15, 0.2) is 0 Å². The molecule has 3 aromatic rings. The predicted octanol–water partition coefficient (Wildman–Crippen LogP) is 5.76. The number of hydrogen-bond donors (Lipinski definition) is 0. The molecule has 0 bridgehead atoms. The molecular formula is C27H30N2O. The molecule has 0 unspecified atom stereocenters. The monoisotopic (exact) mass is 398 g/mol. The van der Waals surface area contributed by atoms with Crippen LogP contribution in [0.3, 0.4) is 0 Å². The van der Waals surface area contributed by atoms with Gasteiger partial charge in [-0.25, -0.2) is 0 Å². The summed E-state index contributed by atoms with van der Waals surface area (Å²) in [6.45, 7) is 4.99. The Hall–Kier alpha value is -2.91. The van der Waals surface area contributed by atoms with Crippen LogP contribution in [0.5, 0.6) is 0 Å². The zero-order valence-corrected chi connectivity index (χ0v) is 17.7. The van der Waals surface area contributed by atoms with Gasteiger partial charge in [-0.05, 0) is 41.7 Å². The van der Waals surface area contributed by atoms with Crippen molar-refractivity contribution in [2.75, 3.05) is 18.0 Å². The van der Waals surface area contributed by atoms with E-state index in [1.54, 1.807) is 0 Å². The van der Waals surface area contributed by atoms with Crippen molar-refractivity contribution in [1.29, 1.82) is 0 Å². The van der Waals surface area contributed by atoms with Gasteiger partial charge in [-0.1, -0.05) is 79.7 Å². The van der Waals surface area contributed by atoms with E-state index >= 15 is 0 Å². The van der Waals surface area contributed by atoms with Crippen LogP contribution in [0.15, 0.2) is 84.9 Å². The van der Waals surface area contributed by atoms with Crippen LogP contribution in [-0.2, 0) is 11.3 Å². The number of carbonyl (C=O) groups excluding carboxylic acids is 1. The van der Waals surface area contributed by atoms with Gasteiger partial charge in [0.2, 0.25) is 5.91 Å². The number of hydrogen-bond acceptors (Lipinski definition) is 2. The van der Waals surface area contributed by atoms with Crippen molar-refractivity contribution in [1.82, 2.24) is 4.90 Å². The zero-order valence-electron chi connectivity index (χ0n) is 17.7. The molecule has 1 amide bonds. The first-order valence-corrected chi connectivity index (χ1v) is 11.0. The summed E-state index contributed by atoms with van der Waals surface area (Å²) < 4.78 is 0. The fraction of sp³-hybridized carbons (Fsp3) is 0.296. The Bertz CT molecular complexity index is 930. The van der Waals surface area contributed by atoms with Crippen molar-refractivity contribution in [3.05, 3.63) is 90.5 Å². The highest BCUT2D eigenvalue weighted by Crippen LogP contribution is 2.28. The van der Waals surface area contributed by atoms with Crippen LogP contribution in [0.25, 0.3) is 11.1 Å². The molecule has 1 aliphatic heterocycles. The first kappa shape index (κ1) is 20.4. The molecule has 4 rings (SSSR count). The fourth-order valence-corrected chi connectivity index (χ4v) is 4.35. The fourth-order valence-electron chi connectivity index (χ4n) is 4.35. The van der Waals surface area contributed by atoms with Gasteiger partial charge in [0.25, 0.3) is 0 Å². The summed E-state index contributed by atoms with van der Waals surface area (Å²) >= 11 is 0. The maximum absolute atomic E-state index is 12.9. The summed E-state index contributed by atoms with van der Waals surface area (Å²) in [7, 11) is 0. The van der Waals surface area contributed by atoms with Crippen LogP contribution in [-0.4, -0.2) is 29.9 Å². The number of nitrogens with zero attached hydrogens (tertiary/aromatic N) is 2. The Morgan fingerprint density at radius 2 is 1.40 bits per heavy atom. The number of amides is 1. The summed E-state index contributed by atoms with van der Waals surface area (Å²) in [6, 6.07) is 29.8. The Labute approximate surface area is 180 Å². The standard InChI is InChI=1S/C27H30N2O/c1-2-27(30)29(25-15-13-24(14-16-25)23-11-7-4-8-12-23)26-17-19-28(20-18-26)21-22-9-5-3-6-10-22/h3-16,26H,2,17-21H2,1H3. The Morgan fingerprint density at radius 1 is 0.833 bits per heavy atom. The molecule has 1 fully saturated rings. The summed E-state index contributed by atoms with van der Waals surface area (Å²) in [4.78, 5) is 17.4. The van der Waals surface area contributed by atoms with Crippen molar-refractivity contribution in [2.45, 2.75) is 38.8 Å². The second-order valence-corrected chi connectivity index (χ2v) is 8.02. The number of piperidine rings is 1. The van der Waals surface area contributed by atoms with E-state index in [0.29, 0.717) is 6.42 Å². The van der Waals surface area contributed by atoms with Crippen molar-refractivity contribution < 1.29 is 4.79 Å². The summed E-state index contributed by atoms with van der Waals surface area (Å²) in [6.07, 6.45) is 2.56. The van der Waals surface area contributed by atoms with Crippen molar-refractivity contribution >= 4 is 11.6 Å². The van der Waals surface area contributed by atoms with Gasteiger partial charge in [-0.3, -0.25) is 9.69 Å². The lowest BCUT2D eigenvalue weighted by Crippen LogP contribution is -2.47. The minimum absolute atomic E-state index is 0.212. The van der Waals surface area contributed by atoms with Crippen LogP contribution in [0.2, 0.25) is 0 Å². The molecule has 0 saturated carbocycles. The highest BCUT2D eigenvalue weighted by molar-refractivity contribution is 5.94. The average molecular weight is 399 g/mol. The molecule has 0 N–H and O–H groups in total. The molecule has 1 heterocycles. The Kier molecular flexibility index (Phi) is 6.60. The number of anilines is 1. The van der Waals surface area contributed by atoms with E-state index in [4.69, 9.17) is 0 Å². The molecule has 3 heteroatoms. The van der Waals surface area contributed by atoms with Crippen LogP contribution < -0.4 is 4.90 Å². The molecule has 3 nitrogen and oxygen atoms in total. The number of likely N-dealkylation sites (tertiary alicyclic amines) is 1. The van der Waals surface area contributed by atoms with Gasteiger partial charge < -0.3 is 4.90 Å². The third-order valence-corrected chi connectivity index (χ3v) is 5.99. The smallest absolute Gasteiger partial charge is 0.226 e. The van der Waals surface area contributed by atoms with Crippen molar-refractivity contribution in [3.63, 3.8) is 0 Å². The second kappa shape index (κ2) is 9.73. The highest BCUT2D eigenvalue weighted by Gasteiger charge is 2.28. The molecule has 30 heavy (non-hydrogen) atoms. The van der Waals surface area contributed by atoms with E-state index < -0.39 is 0 Å². The Morgan fingerprint density at radius 3 is 2.00 bits per heavy atom. The van der Waals surface area contributed by atoms with E-state index in [1.807, 2.05) is 13.0 Å². The van der Waals surface area contributed by atoms with E-state index in [1.165, 1.54) is 16.7 Å². The van der Waals surface area contributed by atoms with Gasteiger partial charge in [-0.15, -0.1) is 0 Å². The second-order valence-electron chi connectivity index (χ2n) is 8.02. The summed E-state index contributed by atoms with van der Waals surface area (Å²) in [5.41, 5.74) is 4.75. The molecule has 154 valence electrons. The van der Waals surface area contributed by atoms with Crippen LogP contribution in [0.4, 0.5) is 5.69 Å². The van der Waals surface area contributed by atoms with Gasteiger partial charge in [0.1, 0.15) is 0 Å². The lowest BCUT2D eigenvalue weighted by atomic mass is 10.00. The summed E-state index contributed by atoms with van der Waals surface area (Å²) in [5.74, 6) is 0.212. The predicted molar refractivity (Wildman–Crippen MR) is 124 cm³/mol. The maximum Gasteiger partial charge on any atom is 0.226 e. The minimum atomic E-state index is 0.212. The number of carbonyl (C=O) groups is 1. The largest absolute Gasteiger partial charge is 0.309 e. The lowest BCUT2D eigenvalue weighted by molar-refractivity contribution is -0.119. The lowest BCUT2D eigenvalue weighted by Gasteiger charge is -2.38. The maximum atomic E-state index is 12.9. The van der Waals surface area contributed by atoms with E-state index in [-0.39, 0.29) is 11.9 Å². The number of benzene rings is 3. The van der Waals surface area contributed by atoms with Gasteiger partial charge in [0, 0.05) is 37.8 Å². The van der Waals surface area contributed by atoms with Crippen molar-refractivity contribution in [3.8, 4) is 11.1 Å². The first-order valence-electron chi connectivity index (χ1n) is 11.0. The molecular weight excluding hydrogens is 368 g/mol. The molecule has 0 radical (unpaired) electrons. The van der Waals surface area contributed by atoms with Crippen molar-refractivity contribution in [2.24, 2.45) is 0 Å². The zero-order chi connectivity index (χ0) is 20.8. The third-order valence-electron chi connectivity index (χ3n) is 5.99. The number of rotatable bonds is 6. The van der Waals surface area contributed by atoms with Gasteiger partial charge in [0.05, 0.1) is 0 Å². The van der Waals surface area contributed by atoms with Crippen LogP contribution >= 0.6 is 0 Å². The van der Waals surface area contributed by atoms with E-state index in [2.05, 4.69) is 88.7 Å². The SMILES string of the molecule is CCC(=O)N(c1ccc(-c2ccccc2)cc1)C1CCN(Cc2ccccc2)CC1. The molecule has 3 aromatic carbocycles. The topological polar surface area (TPSA) is 23.6 Å². The van der Waals surface area contributed by atoms with E-state index in [0.717, 1.165) is 38.2 Å².